The third-order valence-corrected chi connectivity index (χ3v) is 5.79. The minimum atomic E-state index is -0.296. The zero-order valence-corrected chi connectivity index (χ0v) is 20.1. The second-order valence-corrected chi connectivity index (χ2v) is 9.64. The van der Waals surface area contributed by atoms with E-state index in [1.165, 1.54) is 0 Å². The van der Waals surface area contributed by atoms with Gasteiger partial charge in [0.25, 0.3) is 5.56 Å². The van der Waals surface area contributed by atoms with Gasteiger partial charge in [-0.2, -0.15) is 0 Å². The summed E-state index contributed by atoms with van der Waals surface area (Å²) in [6.45, 7) is 11.2. The third kappa shape index (κ3) is 4.49. The van der Waals surface area contributed by atoms with Gasteiger partial charge in [-0.1, -0.05) is 29.8 Å². The van der Waals surface area contributed by atoms with Crippen molar-refractivity contribution in [1.82, 2.24) is 9.55 Å². The van der Waals surface area contributed by atoms with E-state index < -0.39 is 0 Å². The van der Waals surface area contributed by atoms with Crippen LogP contribution in [-0.2, 0) is 7.05 Å². The Morgan fingerprint density at radius 1 is 0.939 bits per heavy atom. The Labute approximate surface area is 194 Å². The highest BCUT2D eigenvalue weighted by molar-refractivity contribution is 6.06. The van der Waals surface area contributed by atoms with E-state index in [2.05, 4.69) is 10.3 Å². The van der Waals surface area contributed by atoms with E-state index in [4.69, 9.17) is 0 Å². The molecule has 0 bridgehead atoms. The molecule has 4 rings (SSSR count). The van der Waals surface area contributed by atoms with Crippen LogP contribution in [0.15, 0.2) is 53.5 Å². The SMILES string of the molecule is Cc1ccc(N2CCN(c3cccc(-c4cn(C)c(=O)c(NC(C)(C)C)n4)c3C)C2=O)cc1. The van der Waals surface area contributed by atoms with E-state index in [0.29, 0.717) is 24.6 Å². The highest BCUT2D eigenvalue weighted by atomic mass is 16.2. The lowest BCUT2D eigenvalue weighted by atomic mass is 10.0. The maximum atomic E-state index is 13.3. The molecule has 2 aromatic carbocycles. The molecule has 1 aliphatic heterocycles. The van der Waals surface area contributed by atoms with Gasteiger partial charge in [0.1, 0.15) is 0 Å². The predicted molar refractivity (Wildman–Crippen MR) is 134 cm³/mol. The van der Waals surface area contributed by atoms with Crippen LogP contribution in [0.4, 0.5) is 22.0 Å². The van der Waals surface area contributed by atoms with Crippen molar-refractivity contribution in [3.8, 4) is 11.3 Å². The second-order valence-electron chi connectivity index (χ2n) is 9.64. The molecule has 7 heteroatoms. The fraction of sp³-hybridized carbons (Fsp3) is 0.346. The zero-order chi connectivity index (χ0) is 23.9. The highest BCUT2D eigenvalue weighted by Crippen LogP contribution is 2.33. The van der Waals surface area contributed by atoms with E-state index in [0.717, 1.165) is 28.1 Å². The Morgan fingerprint density at radius 2 is 1.61 bits per heavy atom. The van der Waals surface area contributed by atoms with Crippen molar-refractivity contribution in [2.45, 2.75) is 40.2 Å². The topological polar surface area (TPSA) is 70.5 Å². The molecule has 1 aromatic heterocycles. The number of carbonyl (C=O) groups is 1. The normalized spacial score (nSPS) is 14.2. The molecule has 1 aliphatic rings. The molecule has 0 unspecified atom stereocenters. The van der Waals surface area contributed by atoms with Gasteiger partial charge in [0.05, 0.1) is 5.69 Å². The van der Waals surface area contributed by atoms with Gasteiger partial charge in [-0.3, -0.25) is 14.6 Å². The van der Waals surface area contributed by atoms with Crippen LogP contribution in [0.2, 0.25) is 0 Å². The fourth-order valence-corrected chi connectivity index (χ4v) is 4.09. The lowest BCUT2D eigenvalue weighted by Crippen LogP contribution is -2.33. The van der Waals surface area contributed by atoms with Gasteiger partial charge >= 0.3 is 6.03 Å². The van der Waals surface area contributed by atoms with Crippen LogP contribution in [0.5, 0.6) is 0 Å². The maximum absolute atomic E-state index is 13.3. The number of rotatable bonds is 4. The molecule has 3 aromatic rings. The number of nitrogens with one attached hydrogen (secondary N) is 1. The van der Waals surface area contributed by atoms with E-state index in [9.17, 15) is 9.59 Å². The summed E-state index contributed by atoms with van der Waals surface area (Å²) >= 11 is 0. The standard InChI is InChI=1S/C26H31N5O2/c1-17-10-12-19(13-11-17)30-14-15-31(25(30)33)22-9-7-8-20(18(22)2)21-16-29(6)24(32)23(27-21)28-26(3,4)5/h7-13,16H,14-15H2,1-6H3,(H,27,28). The molecule has 0 saturated carbocycles. The van der Waals surface area contributed by atoms with Gasteiger partial charge in [-0.15, -0.1) is 0 Å². The number of anilines is 3. The third-order valence-electron chi connectivity index (χ3n) is 5.79. The van der Waals surface area contributed by atoms with Gasteiger partial charge in [-0.25, -0.2) is 9.78 Å². The molecule has 1 fully saturated rings. The average molecular weight is 446 g/mol. The first kappa shape index (κ1) is 22.6. The van der Waals surface area contributed by atoms with Gasteiger partial charge in [0.15, 0.2) is 5.82 Å². The first-order valence-corrected chi connectivity index (χ1v) is 11.2. The molecular weight excluding hydrogens is 414 g/mol. The number of hydrogen-bond donors (Lipinski definition) is 1. The van der Waals surface area contributed by atoms with E-state index in [1.807, 2.05) is 82.0 Å². The van der Waals surface area contributed by atoms with E-state index in [-0.39, 0.29) is 17.1 Å². The van der Waals surface area contributed by atoms with Crippen LogP contribution in [0.3, 0.4) is 0 Å². The zero-order valence-electron chi connectivity index (χ0n) is 20.1. The van der Waals surface area contributed by atoms with Gasteiger partial charge < -0.3 is 9.88 Å². The first-order chi connectivity index (χ1) is 15.5. The average Bonchev–Trinajstić information content (AvgIpc) is 3.12. The smallest absolute Gasteiger partial charge is 0.329 e. The molecule has 0 atom stereocenters. The van der Waals surface area contributed by atoms with Crippen LogP contribution in [-0.4, -0.2) is 34.2 Å². The molecule has 2 amide bonds. The quantitative estimate of drug-likeness (QED) is 0.631. The van der Waals surface area contributed by atoms with Crippen LogP contribution in [0.1, 0.15) is 31.9 Å². The van der Waals surface area contributed by atoms with Crippen molar-refractivity contribution in [2.24, 2.45) is 7.05 Å². The maximum Gasteiger partial charge on any atom is 0.329 e. The minimum absolute atomic E-state index is 0.0392. The number of aromatic nitrogens is 2. The first-order valence-electron chi connectivity index (χ1n) is 11.2. The summed E-state index contributed by atoms with van der Waals surface area (Å²) in [5, 5.41) is 3.21. The van der Waals surface area contributed by atoms with Crippen molar-refractivity contribution in [3.05, 3.63) is 70.1 Å². The Morgan fingerprint density at radius 3 is 2.27 bits per heavy atom. The molecule has 1 saturated heterocycles. The predicted octanol–water partition coefficient (Wildman–Crippen LogP) is 4.72. The molecule has 0 radical (unpaired) electrons. The summed E-state index contributed by atoms with van der Waals surface area (Å²) in [5.41, 5.74) is 4.97. The summed E-state index contributed by atoms with van der Waals surface area (Å²) in [6, 6.07) is 13.8. The van der Waals surface area contributed by atoms with E-state index in [1.54, 1.807) is 22.7 Å². The van der Waals surface area contributed by atoms with Crippen LogP contribution in [0, 0.1) is 13.8 Å². The molecule has 2 heterocycles. The number of hydrogen-bond acceptors (Lipinski definition) is 4. The van der Waals surface area contributed by atoms with Crippen molar-refractivity contribution >= 4 is 23.2 Å². The van der Waals surface area contributed by atoms with Crippen LogP contribution < -0.4 is 20.7 Å². The molecule has 0 aliphatic carbocycles. The van der Waals surface area contributed by atoms with Crippen molar-refractivity contribution in [1.29, 1.82) is 0 Å². The molecular formula is C26H31N5O2. The Bertz CT molecular complexity index is 1260. The van der Waals surface area contributed by atoms with Gasteiger partial charge in [0.2, 0.25) is 0 Å². The van der Waals surface area contributed by atoms with Crippen molar-refractivity contribution < 1.29 is 4.79 Å². The fourth-order valence-electron chi connectivity index (χ4n) is 4.09. The molecule has 7 nitrogen and oxygen atoms in total. The summed E-state index contributed by atoms with van der Waals surface area (Å²) in [7, 11) is 1.73. The summed E-state index contributed by atoms with van der Waals surface area (Å²) in [5.74, 6) is 0.315. The molecule has 1 N–H and O–H groups in total. The summed E-state index contributed by atoms with van der Waals surface area (Å²) < 4.78 is 1.54. The van der Waals surface area contributed by atoms with Gasteiger partial charge in [0, 0.05) is 48.8 Å². The van der Waals surface area contributed by atoms with Crippen LogP contribution in [0.25, 0.3) is 11.3 Å². The Balaban J connectivity index is 1.70. The van der Waals surface area contributed by atoms with E-state index >= 15 is 0 Å². The molecule has 0 spiro atoms. The monoisotopic (exact) mass is 445 g/mol. The Hall–Kier alpha value is -3.61. The van der Waals surface area contributed by atoms with Crippen molar-refractivity contribution in [2.75, 3.05) is 28.2 Å². The number of amides is 2. The Kier molecular flexibility index (Phi) is 5.74. The lowest BCUT2D eigenvalue weighted by molar-refractivity contribution is 0.256. The largest absolute Gasteiger partial charge is 0.361 e. The van der Waals surface area contributed by atoms with Gasteiger partial charge in [-0.05, 0) is 58.4 Å². The number of benzene rings is 2. The second kappa shape index (κ2) is 8.39. The lowest BCUT2D eigenvalue weighted by Gasteiger charge is -2.23. The number of aryl methyl sites for hydroxylation is 2. The highest BCUT2D eigenvalue weighted by Gasteiger charge is 2.32. The minimum Gasteiger partial charge on any atom is -0.361 e. The molecule has 172 valence electrons. The molecule has 33 heavy (non-hydrogen) atoms. The number of nitrogens with zero attached hydrogens (tertiary/aromatic N) is 4. The van der Waals surface area contributed by atoms with Crippen LogP contribution >= 0.6 is 0 Å². The number of urea groups is 1. The summed E-state index contributed by atoms with van der Waals surface area (Å²) in [6.07, 6.45) is 1.74. The summed E-state index contributed by atoms with van der Waals surface area (Å²) in [4.78, 5) is 34.2. The number of carbonyl (C=O) groups excluding carboxylic acids is 1. The van der Waals surface area contributed by atoms with Crippen molar-refractivity contribution in [3.63, 3.8) is 0 Å².